The SMILES string of the molecule is CC.CC.Cn1cc(-c2ccc(O)c(-c3ccc(Br)cc3F)n2)cn1. The van der Waals surface area contributed by atoms with E-state index in [2.05, 4.69) is 26.0 Å². The molecule has 0 spiro atoms. The van der Waals surface area contributed by atoms with E-state index in [0.717, 1.165) is 5.56 Å². The fourth-order valence-electron chi connectivity index (χ4n) is 2.05. The molecule has 2 heterocycles. The minimum Gasteiger partial charge on any atom is -0.506 e. The molecule has 3 aromatic rings. The van der Waals surface area contributed by atoms with Gasteiger partial charge in [0, 0.05) is 28.8 Å². The van der Waals surface area contributed by atoms with Gasteiger partial charge in [0.25, 0.3) is 0 Å². The molecule has 1 N–H and O–H groups in total. The van der Waals surface area contributed by atoms with Gasteiger partial charge < -0.3 is 5.11 Å². The van der Waals surface area contributed by atoms with Crippen molar-refractivity contribution in [3.8, 4) is 28.3 Å². The number of aromatic nitrogens is 3. The number of nitrogens with zero attached hydrogens (tertiary/aromatic N) is 3. The van der Waals surface area contributed by atoms with Crippen molar-refractivity contribution in [2.45, 2.75) is 27.7 Å². The molecule has 4 nitrogen and oxygen atoms in total. The van der Waals surface area contributed by atoms with Gasteiger partial charge in [-0.15, -0.1) is 0 Å². The van der Waals surface area contributed by atoms with E-state index >= 15 is 0 Å². The number of aromatic hydroxyl groups is 1. The minimum absolute atomic E-state index is 0.0659. The second-order valence-electron chi connectivity index (χ2n) is 4.59. The van der Waals surface area contributed by atoms with Crippen LogP contribution in [0.4, 0.5) is 4.39 Å². The molecule has 134 valence electrons. The summed E-state index contributed by atoms with van der Waals surface area (Å²) in [5.41, 5.74) is 1.89. The van der Waals surface area contributed by atoms with Gasteiger partial charge in [-0.3, -0.25) is 4.68 Å². The maximum atomic E-state index is 14.1. The highest BCUT2D eigenvalue weighted by atomic mass is 79.9. The van der Waals surface area contributed by atoms with Gasteiger partial charge in [0.15, 0.2) is 0 Å². The molecule has 0 atom stereocenters. The Morgan fingerprint density at radius 1 is 1.08 bits per heavy atom. The zero-order valence-electron chi connectivity index (χ0n) is 15.1. The van der Waals surface area contributed by atoms with Crippen LogP contribution in [0.15, 0.2) is 47.2 Å². The van der Waals surface area contributed by atoms with Crippen LogP contribution in [0.5, 0.6) is 5.75 Å². The quantitative estimate of drug-likeness (QED) is 0.582. The average molecular weight is 408 g/mol. The second kappa shape index (κ2) is 9.93. The number of hydrogen-bond donors (Lipinski definition) is 1. The Labute approximate surface area is 156 Å². The van der Waals surface area contributed by atoms with Gasteiger partial charge in [0.05, 0.1) is 11.9 Å². The normalized spacial score (nSPS) is 9.56. The third-order valence-corrected chi connectivity index (χ3v) is 3.55. The Bertz CT molecular complexity index is 818. The lowest BCUT2D eigenvalue weighted by atomic mass is 10.1. The first kappa shape index (κ1) is 20.8. The minimum atomic E-state index is -0.449. The highest BCUT2D eigenvalue weighted by Crippen LogP contribution is 2.32. The van der Waals surface area contributed by atoms with Crippen molar-refractivity contribution in [2.75, 3.05) is 0 Å². The van der Waals surface area contributed by atoms with Crippen LogP contribution in [0, 0.1) is 5.82 Å². The van der Waals surface area contributed by atoms with Crippen molar-refractivity contribution in [2.24, 2.45) is 7.05 Å². The second-order valence-corrected chi connectivity index (χ2v) is 5.51. The van der Waals surface area contributed by atoms with Crippen LogP contribution in [0.25, 0.3) is 22.5 Å². The highest BCUT2D eigenvalue weighted by Gasteiger charge is 2.14. The van der Waals surface area contributed by atoms with E-state index in [0.29, 0.717) is 10.2 Å². The molecule has 6 heteroatoms. The summed E-state index contributed by atoms with van der Waals surface area (Å²) in [5.74, 6) is -0.514. The number of aryl methyl sites for hydroxylation is 1. The molecule has 0 saturated carbocycles. The van der Waals surface area contributed by atoms with Crippen LogP contribution >= 0.6 is 15.9 Å². The Morgan fingerprint density at radius 2 is 1.76 bits per heavy atom. The third kappa shape index (κ3) is 5.13. The van der Waals surface area contributed by atoms with E-state index in [9.17, 15) is 9.50 Å². The molecule has 0 aliphatic heterocycles. The zero-order valence-corrected chi connectivity index (χ0v) is 16.7. The summed E-state index contributed by atoms with van der Waals surface area (Å²) in [6, 6.07) is 7.80. The van der Waals surface area contributed by atoms with E-state index in [4.69, 9.17) is 0 Å². The summed E-state index contributed by atoms with van der Waals surface area (Å²) in [4.78, 5) is 4.36. The van der Waals surface area contributed by atoms with E-state index < -0.39 is 5.82 Å². The van der Waals surface area contributed by atoms with Gasteiger partial charge in [-0.2, -0.15) is 5.10 Å². The summed E-state index contributed by atoms with van der Waals surface area (Å²) >= 11 is 3.21. The maximum absolute atomic E-state index is 14.1. The first-order valence-corrected chi connectivity index (χ1v) is 8.98. The molecule has 0 aliphatic rings. The lowest BCUT2D eigenvalue weighted by molar-refractivity contribution is 0.474. The van der Waals surface area contributed by atoms with Crippen molar-refractivity contribution in [3.05, 3.63) is 53.0 Å². The summed E-state index contributed by atoms with van der Waals surface area (Å²) in [6.45, 7) is 8.00. The molecular weight excluding hydrogens is 385 g/mol. The van der Waals surface area contributed by atoms with Gasteiger partial charge in [0.2, 0.25) is 0 Å². The molecule has 3 rings (SSSR count). The van der Waals surface area contributed by atoms with Crippen LogP contribution in [-0.4, -0.2) is 19.9 Å². The molecule has 0 saturated heterocycles. The van der Waals surface area contributed by atoms with Gasteiger partial charge in [-0.05, 0) is 30.3 Å². The smallest absolute Gasteiger partial charge is 0.142 e. The lowest BCUT2D eigenvalue weighted by Crippen LogP contribution is -1.91. The zero-order chi connectivity index (χ0) is 19.0. The number of rotatable bonds is 2. The Balaban J connectivity index is 0.000000730. The topological polar surface area (TPSA) is 50.9 Å². The molecule has 0 radical (unpaired) electrons. The highest BCUT2D eigenvalue weighted by molar-refractivity contribution is 9.10. The number of hydrogen-bond acceptors (Lipinski definition) is 3. The van der Waals surface area contributed by atoms with Gasteiger partial charge in [0.1, 0.15) is 17.3 Å². The van der Waals surface area contributed by atoms with Crippen molar-refractivity contribution < 1.29 is 9.50 Å². The van der Waals surface area contributed by atoms with Gasteiger partial charge >= 0.3 is 0 Å². The van der Waals surface area contributed by atoms with Crippen molar-refractivity contribution in [3.63, 3.8) is 0 Å². The van der Waals surface area contributed by atoms with E-state index in [1.54, 1.807) is 42.3 Å². The third-order valence-electron chi connectivity index (χ3n) is 3.06. The standard InChI is InChI=1S/C15H11BrFN3O.2C2H6/c1-20-8-9(7-18-20)13-4-5-14(21)15(19-13)11-3-2-10(16)6-12(11)17;2*1-2/h2-8,21H,1H3;2*1-2H3. The molecule has 0 bridgehead atoms. The number of pyridine rings is 1. The molecular formula is C19H23BrFN3O. The maximum Gasteiger partial charge on any atom is 0.142 e. The fraction of sp³-hybridized carbons (Fsp3) is 0.263. The van der Waals surface area contributed by atoms with Gasteiger partial charge in [-0.1, -0.05) is 43.6 Å². The number of halogens is 2. The van der Waals surface area contributed by atoms with Crippen LogP contribution in [0.2, 0.25) is 0 Å². The molecule has 1 aromatic carbocycles. The molecule has 2 aromatic heterocycles. The van der Waals surface area contributed by atoms with E-state index in [1.807, 2.05) is 27.7 Å². The summed E-state index contributed by atoms with van der Waals surface area (Å²) in [5, 5.41) is 14.1. The predicted molar refractivity (Wildman–Crippen MR) is 104 cm³/mol. The molecule has 0 unspecified atom stereocenters. The summed E-state index contributed by atoms with van der Waals surface area (Å²) in [7, 11) is 1.80. The Hall–Kier alpha value is -2.21. The van der Waals surface area contributed by atoms with E-state index in [-0.39, 0.29) is 17.0 Å². The monoisotopic (exact) mass is 407 g/mol. The van der Waals surface area contributed by atoms with Crippen LogP contribution in [0.3, 0.4) is 0 Å². The summed E-state index contributed by atoms with van der Waals surface area (Å²) < 4.78 is 16.3. The Kier molecular flexibility index (Phi) is 8.28. The first-order chi connectivity index (χ1) is 12.0. The average Bonchev–Trinajstić information content (AvgIpc) is 3.06. The largest absolute Gasteiger partial charge is 0.506 e. The first-order valence-electron chi connectivity index (χ1n) is 8.19. The summed E-state index contributed by atoms with van der Waals surface area (Å²) in [6.07, 6.45) is 3.47. The van der Waals surface area contributed by atoms with Gasteiger partial charge in [-0.25, -0.2) is 9.37 Å². The van der Waals surface area contributed by atoms with E-state index in [1.165, 1.54) is 12.1 Å². The van der Waals surface area contributed by atoms with Crippen molar-refractivity contribution >= 4 is 15.9 Å². The van der Waals surface area contributed by atoms with Crippen LogP contribution in [-0.2, 0) is 7.05 Å². The van der Waals surface area contributed by atoms with Crippen molar-refractivity contribution in [1.82, 2.24) is 14.8 Å². The molecule has 25 heavy (non-hydrogen) atoms. The number of benzene rings is 1. The molecule has 0 amide bonds. The predicted octanol–water partition coefficient (Wildman–Crippen LogP) is 5.81. The van der Waals surface area contributed by atoms with Crippen LogP contribution < -0.4 is 0 Å². The molecule has 0 fully saturated rings. The lowest BCUT2D eigenvalue weighted by Gasteiger charge is -2.07. The van der Waals surface area contributed by atoms with Crippen molar-refractivity contribution in [1.29, 1.82) is 0 Å². The van der Waals surface area contributed by atoms with Crippen LogP contribution in [0.1, 0.15) is 27.7 Å². The Morgan fingerprint density at radius 3 is 2.32 bits per heavy atom. The fourth-order valence-corrected chi connectivity index (χ4v) is 2.38. The molecule has 0 aliphatic carbocycles.